The molecule has 1 aliphatic heterocycles. The second kappa shape index (κ2) is 9.19. The molecule has 0 radical (unpaired) electrons. The zero-order chi connectivity index (χ0) is 17.4. The van der Waals surface area contributed by atoms with E-state index in [1.807, 2.05) is 4.90 Å². The number of piperidine rings is 1. The highest BCUT2D eigenvalue weighted by molar-refractivity contribution is 5.78. The first-order valence-electron chi connectivity index (χ1n) is 7.98. The number of non-ortho nitro benzene ring substituents is 1. The minimum absolute atomic E-state index is 0.0250. The Morgan fingerprint density at radius 1 is 1.33 bits per heavy atom. The van der Waals surface area contributed by atoms with Gasteiger partial charge in [-0.05, 0) is 12.1 Å². The first-order chi connectivity index (χ1) is 11.6. The lowest BCUT2D eigenvalue weighted by atomic mass is 10.1. The van der Waals surface area contributed by atoms with Gasteiger partial charge in [-0.3, -0.25) is 14.9 Å². The Labute approximate surface area is 140 Å². The first-order valence-corrected chi connectivity index (χ1v) is 7.98. The van der Waals surface area contributed by atoms with E-state index >= 15 is 0 Å². The number of hydrogen-bond acceptors (Lipinski definition) is 6. The van der Waals surface area contributed by atoms with E-state index in [0.717, 1.165) is 12.8 Å². The molecule has 1 amide bonds. The number of nitrogens with one attached hydrogen (secondary N) is 1. The molecule has 2 rings (SSSR count). The first kappa shape index (κ1) is 18.2. The Morgan fingerprint density at radius 3 is 2.58 bits per heavy atom. The lowest BCUT2D eigenvalue weighted by Gasteiger charge is -2.32. The van der Waals surface area contributed by atoms with Crippen molar-refractivity contribution in [1.82, 2.24) is 10.2 Å². The summed E-state index contributed by atoms with van der Waals surface area (Å²) in [5.41, 5.74) is 0.0451. The Bertz CT molecular complexity index is 541. The summed E-state index contributed by atoms with van der Waals surface area (Å²) in [4.78, 5) is 24.1. The van der Waals surface area contributed by atoms with Crippen LogP contribution in [0.15, 0.2) is 24.3 Å². The third-order valence-electron chi connectivity index (χ3n) is 3.90. The van der Waals surface area contributed by atoms with Crippen molar-refractivity contribution in [2.75, 3.05) is 39.9 Å². The van der Waals surface area contributed by atoms with E-state index < -0.39 is 4.92 Å². The molecule has 0 bridgehead atoms. The van der Waals surface area contributed by atoms with E-state index in [-0.39, 0.29) is 17.7 Å². The van der Waals surface area contributed by atoms with E-state index in [0.29, 0.717) is 38.5 Å². The monoisotopic (exact) mass is 337 g/mol. The zero-order valence-electron chi connectivity index (χ0n) is 13.8. The van der Waals surface area contributed by atoms with E-state index in [1.165, 1.54) is 12.1 Å². The fraction of sp³-hybridized carbons (Fsp3) is 0.562. The number of hydrogen-bond donors (Lipinski definition) is 1. The molecule has 0 aromatic heterocycles. The Kier molecular flexibility index (Phi) is 6.95. The number of nitro groups is 1. The topological polar surface area (TPSA) is 93.9 Å². The predicted octanol–water partition coefficient (Wildman–Crippen LogP) is 1.20. The van der Waals surface area contributed by atoms with Crippen molar-refractivity contribution >= 4 is 11.6 Å². The van der Waals surface area contributed by atoms with Gasteiger partial charge in [0.25, 0.3) is 5.69 Å². The molecule has 132 valence electrons. The van der Waals surface area contributed by atoms with Gasteiger partial charge in [-0.15, -0.1) is 0 Å². The smallest absolute Gasteiger partial charge is 0.269 e. The quantitative estimate of drug-likeness (QED) is 0.435. The maximum atomic E-state index is 12.0. The lowest BCUT2D eigenvalue weighted by molar-refractivity contribution is -0.384. The highest BCUT2D eigenvalue weighted by Crippen LogP contribution is 2.21. The number of carbonyl (C=O) groups is 1. The number of rotatable bonds is 8. The summed E-state index contributed by atoms with van der Waals surface area (Å²) >= 11 is 0. The summed E-state index contributed by atoms with van der Waals surface area (Å²) in [6, 6.07) is 6.07. The number of nitro benzene ring substituents is 1. The number of amides is 1. The summed E-state index contributed by atoms with van der Waals surface area (Å²) in [5.74, 6) is 0.700. The molecular weight excluding hydrogens is 314 g/mol. The van der Waals surface area contributed by atoms with Crippen LogP contribution in [0, 0.1) is 10.1 Å². The molecule has 0 saturated carbocycles. The third kappa shape index (κ3) is 5.47. The Morgan fingerprint density at radius 2 is 2.00 bits per heavy atom. The summed E-state index contributed by atoms with van der Waals surface area (Å²) in [7, 11) is 1.62. The van der Waals surface area contributed by atoms with Crippen LogP contribution in [0.1, 0.15) is 12.8 Å². The zero-order valence-corrected chi connectivity index (χ0v) is 13.8. The third-order valence-corrected chi connectivity index (χ3v) is 3.90. The molecule has 1 aromatic carbocycles. The van der Waals surface area contributed by atoms with Crippen LogP contribution in [0.25, 0.3) is 0 Å². The van der Waals surface area contributed by atoms with Crippen molar-refractivity contribution in [2.45, 2.75) is 18.9 Å². The number of likely N-dealkylation sites (tertiary alicyclic amines) is 1. The van der Waals surface area contributed by atoms with Crippen LogP contribution in [0.3, 0.4) is 0 Å². The van der Waals surface area contributed by atoms with Crippen LogP contribution in [-0.2, 0) is 9.53 Å². The molecule has 8 heteroatoms. The van der Waals surface area contributed by atoms with Gasteiger partial charge in [-0.1, -0.05) is 0 Å². The van der Waals surface area contributed by atoms with E-state index in [2.05, 4.69) is 5.32 Å². The molecule has 1 aromatic rings. The van der Waals surface area contributed by atoms with Crippen molar-refractivity contribution in [3.05, 3.63) is 34.4 Å². The SMILES string of the molecule is COCCNCC(=O)N1CCC(Oc2ccc([N+](=O)[O-])cc2)CC1. The van der Waals surface area contributed by atoms with Crippen molar-refractivity contribution in [3.63, 3.8) is 0 Å². The number of ether oxygens (including phenoxy) is 2. The maximum absolute atomic E-state index is 12.0. The van der Waals surface area contributed by atoms with E-state index in [1.54, 1.807) is 19.2 Å². The highest BCUT2D eigenvalue weighted by atomic mass is 16.6. The van der Waals surface area contributed by atoms with Crippen LogP contribution in [0.5, 0.6) is 5.75 Å². The van der Waals surface area contributed by atoms with Gasteiger partial charge in [-0.2, -0.15) is 0 Å². The van der Waals surface area contributed by atoms with Gasteiger partial charge in [0.05, 0.1) is 18.1 Å². The molecule has 1 heterocycles. The maximum Gasteiger partial charge on any atom is 0.269 e. The van der Waals surface area contributed by atoms with Crippen molar-refractivity contribution < 1.29 is 19.2 Å². The minimum atomic E-state index is -0.436. The molecular formula is C16H23N3O5. The minimum Gasteiger partial charge on any atom is -0.490 e. The Balaban J connectivity index is 1.72. The lowest BCUT2D eigenvalue weighted by Crippen LogP contribution is -2.45. The predicted molar refractivity (Wildman–Crippen MR) is 88.1 cm³/mol. The molecule has 24 heavy (non-hydrogen) atoms. The number of carbonyl (C=O) groups excluding carboxylic acids is 1. The largest absolute Gasteiger partial charge is 0.490 e. The summed E-state index contributed by atoms with van der Waals surface area (Å²) in [5, 5.41) is 13.7. The second-order valence-corrected chi connectivity index (χ2v) is 5.62. The normalized spacial score (nSPS) is 15.3. The summed E-state index contributed by atoms with van der Waals surface area (Å²) < 4.78 is 10.8. The van der Waals surface area contributed by atoms with Crippen LogP contribution in [0.2, 0.25) is 0 Å². The summed E-state index contributed by atoms with van der Waals surface area (Å²) in [6.45, 7) is 2.86. The van der Waals surface area contributed by atoms with E-state index in [9.17, 15) is 14.9 Å². The van der Waals surface area contributed by atoms with Crippen LogP contribution < -0.4 is 10.1 Å². The summed E-state index contributed by atoms with van der Waals surface area (Å²) in [6.07, 6.45) is 1.53. The number of methoxy groups -OCH3 is 1. The molecule has 1 fully saturated rings. The fourth-order valence-electron chi connectivity index (χ4n) is 2.54. The van der Waals surface area contributed by atoms with Crippen LogP contribution in [0.4, 0.5) is 5.69 Å². The van der Waals surface area contributed by atoms with Gasteiger partial charge < -0.3 is 19.7 Å². The van der Waals surface area contributed by atoms with Gasteiger partial charge in [0.2, 0.25) is 5.91 Å². The molecule has 0 unspecified atom stereocenters. The second-order valence-electron chi connectivity index (χ2n) is 5.62. The average Bonchev–Trinajstić information content (AvgIpc) is 2.59. The van der Waals surface area contributed by atoms with Crippen molar-refractivity contribution in [1.29, 1.82) is 0 Å². The highest BCUT2D eigenvalue weighted by Gasteiger charge is 2.23. The van der Waals surface area contributed by atoms with Gasteiger partial charge >= 0.3 is 0 Å². The molecule has 0 spiro atoms. The molecule has 1 aliphatic rings. The average molecular weight is 337 g/mol. The van der Waals surface area contributed by atoms with Crippen molar-refractivity contribution in [3.8, 4) is 5.75 Å². The molecule has 0 aliphatic carbocycles. The van der Waals surface area contributed by atoms with Gasteiger partial charge in [0.1, 0.15) is 11.9 Å². The van der Waals surface area contributed by atoms with Gasteiger partial charge in [0.15, 0.2) is 0 Å². The Hall–Kier alpha value is -2.19. The van der Waals surface area contributed by atoms with Crippen LogP contribution >= 0.6 is 0 Å². The number of nitrogens with zero attached hydrogens (tertiary/aromatic N) is 2. The molecule has 0 atom stereocenters. The fourth-order valence-corrected chi connectivity index (χ4v) is 2.54. The molecule has 8 nitrogen and oxygen atoms in total. The van der Waals surface area contributed by atoms with Crippen LogP contribution in [-0.4, -0.2) is 61.7 Å². The molecule has 1 saturated heterocycles. The van der Waals surface area contributed by atoms with Gasteiger partial charge in [0, 0.05) is 51.7 Å². The van der Waals surface area contributed by atoms with Gasteiger partial charge in [-0.25, -0.2) is 0 Å². The number of benzene rings is 1. The molecule has 1 N–H and O–H groups in total. The van der Waals surface area contributed by atoms with E-state index in [4.69, 9.17) is 9.47 Å². The standard InChI is InChI=1S/C16H23N3O5/c1-23-11-8-17-12-16(20)18-9-6-15(7-10-18)24-14-4-2-13(3-5-14)19(21)22/h2-5,15,17H,6-12H2,1H3. The van der Waals surface area contributed by atoms with Crippen molar-refractivity contribution in [2.24, 2.45) is 0 Å².